The number of nitro benzene ring substituents is 1. The van der Waals surface area contributed by atoms with E-state index in [2.05, 4.69) is 10.3 Å². The van der Waals surface area contributed by atoms with Crippen LogP contribution in [0.3, 0.4) is 0 Å². The molecule has 0 aliphatic carbocycles. The van der Waals surface area contributed by atoms with E-state index in [0.29, 0.717) is 16.7 Å². The van der Waals surface area contributed by atoms with E-state index < -0.39 is 46.6 Å². The molecule has 40 heavy (non-hydrogen) atoms. The number of para-hydroxylation sites is 2. The molecule has 4 aromatic rings. The number of methoxy groups -OCH3 is 1. The van der Waals surface area contributed by atoms with Gasteiger partial charge in [-0.1, -0.05) is 47.7 Å². The van der Waals surface area contributed by atoms with Crippen molar-refractivity contribution in [1.82, 2.24) is 15.0 Å². The number of ether oxygens (including phenoxy) is 1. The van der Waals surface area contributed by atoms with Gasteiger partial charge in [0.2, 0.25) is 11.8 Å². The number of imide groups is 1. The fourth-order valence-electron chi connectivity index (χ4n) is 6.16. The van der Waals surface area contributed by atoms with Crippen LogP contribution in [0.5, 0.6) is 5.75 Å². The van der Waals surface area contributed by atoms with Gasteiger partial charge in [-0.2, -0.15) is 4.68 Å². The molecule has 12 heteroatoms. The summed E-state index contributed by atoms with van der Waals surface area (Å²) in [5.74, 6) is -3.61. The molecule has 0 bridgehead atoms. The number of nitrogens with zero attached hydrogens (tertiary/aromatic N) is 6. The van der Waals surface area contributed by atoms with Crippen molar-refractivity contribution in [2.45, 2.75) is 12.1 Å². The summed E-state index contributed by atoms with van der Waals surface area (Å²) in [6.45, 7) is 0. The average Bonchev–Trinajstić information content (AvgIpc) is 3.63. The number of benzene rings is 3. The Kier molecular flexibility index (Phi) is 5.07. The van der Waals surface area contributed by atoms with Crippen LogP contribution in [0.2, 0.25) is 0 Å². The minimum atomic E-state index is -1.10. The lowest BCUT2D eigenvalue weighted by molar-refractivity contribution is -0.384. The smallest absolute Gasteiger partial charge is 0.272 e. The van der Waals surface area contributed by atoms with Gasteiger partial charge >= 0.3 is 0 Å². The van der Waals surface area contributed by atoms with Gasteiger partial charge in [-0.15, -0.1) is 5.10 Å². The van der Waals surface area contributed by atoms with Gasteiger partial charge in [0.25, 0.3) is 11.6 Å². The molecule has 0 N–H and O–H groups in total. The van der Waals surface area contributed by atoms with Crippen molar-refractivity contribution in [3.8, 4) is 5.75 Å². The SMILES string of the molecule is COc1ccc([N+](=O)[O-])cc1N1C(=O)[C@@H]2[C@@H](C1=O)[C@@H](C(=O)n1nnc3ccccc31)N1c3ccccc3C=C[C@H]21. The van der Waals surface area contributed by atoms with Crippen LogP contribution in [0.4, 0.5) is 17.1 Å². The first-order valence-electron chi connectivity index (χ1n) is 12.5. The Bertz CT molecular complexity index is 1800. The maximum absolute atomic E-state index is 14.3. The van der Waals surface area contributed by atoms with Crippen molar-refractivity contribution < 1.29 is 24.0 Å². The first-order valence-corrected chi connectivity index (χ1v) is 12.5. The Morgan fingerprint density at radius 2 is 1.73 bits per heavy atom. The highest BCUT2D eigenvalue weighted by molar-refractivity contribution is 6.25. The average molecular weight is 537 g/mol. The number of rotatable bonds is 4. The Balaban J connectivity index is 1.40. The lowest BCUT2D eigenvalue weighted by Gasteiger charge is -2.36. The molecule has 4 atom stereocenters. The number of aromatic nitrogens is 3. The molecule has 2 saturated heterocycles. The molecule has 0 radical (unpaired) electrons. The second kappa shape index (κ2) is 8.56. The molecule has 12 nitrogen and oxygen atoms in total. The summed E-state index contributed by atoms with van der Waals surface area (Å²) in [4.78, 5) is 56.2. The van der Waals surface area contributed by atoms with E-state index in [-0.39, 0.29) is 17.1 Å². The van der Waals surface area contributed by atoms with Gasteiger partial charge in [0.05, 0.1) is 35.4 Å². The van der Waals surface area contributed by atoms with Crippen molar-refractivity contribution in [3.05, 3.63) is 88.5 Å². The zero-order valence-electron chi connectivity index (χ0n) is 20.9. The Labute approximate surface area is 226 Å². The van der Waals surface area contributed by atoms with Crippen LogP contribution in [0, 0.1) is 22.0 Å². The highest BCUT2D eigenvalue weighted by Crippen LogP contribution is 2.50. The van der Waals surface area contributed by atoms with E-state index in [1.54, 1.807) is 24.3 Å². The Hall–Kier alpha value is -5.39. The number of hydrogen-bond donors (Lipinski definition) is 0. The molecular weight excluding hydrogens is 516 g/mol. The van der Waals surface area contributed by atoms with Gasteiger partial charge in [0.1, 0.15) is 23.0 Å². The number of amides is 2. The van der Waals surface area contributed by atoms with Gasteiger partial charge in [0.15, 0.2) is 0 Å². The van der Waals surface area contributed by atoms with Crippen LogP contribution in [0.15, 0.2) is 72.8 Å². The van der Waals surface area contributed by atoms with Crippen LogP contribution in [0.25, 0.3) is 17.1 Å². The van der Waals surface area contributed by atoms with Gasteiger partial charge in [-0.05, 0) is 29.8 Å². The number of nitro groups is 1. The number of fused-ring (bicyclic) bond motifs is 6. The summed E-state index contributed by atoms with van der Waals surface area (Å²) < 4.78 is 6.54. The summed E-state index contributed by atoms with van der Waals surface area (Å²) in [5, 5.41) is 19.7. The third-order valence-corrected chi connectivity index (χ3v) is 7.84. The summed E-state index contributed by atoms with van der Waals surface area (Å²) >= 11 is 0. The van der Waals surface area contributed by atoms with E-state index in [1.807, 2.05) is 41.3 Å². The van der Waals surface area contributed by atoms with Gasteiger partial charge in [-0.3, -0.25) is 24.5 Å². The number of non-ortho nitro benzene ring substituents is 1. The lowest BCUT2D eigenvalue weighted by Crippen LogP contribution is -2.50. The highest BCUT2D eigenvalue weighted by atomic mass is 16.6. The predicted octanol–water partition coefficient (Wildman–Crippen LogP) is 3.08. The molecule has 2 fully saturated rings. The molecule has 0 unspecified atom stereocenters. The Morgan fingerprint density at radius 3 is 2.52 bits per heavy atom. The van der Waals surface area contributed by atoms with Crippen molar-refractivity contribution >= 4 is 51.9 Å². The van der Waals surface area contributed by atoms with Crippen LogP contribution < -0.4 is 14.5 Å². The van der Waals surface area contributed by atoms with Gasteiger partial charge in [0, 0.05) is 17.8 Å². The number of carbonyl (C=O) groups is 3. The van der Waals surface area contributed by atoms with Crippen molar-refractivity contribution in [3.63, 3.8) is 0 Å². The molecular formula is C28H20N6O6. The van der Waals surface area contributed by atoms with E-state index in [9.17, 15) is 24.5 Å². The van der Waals surface area contributed by atoms with Crippen molar-refractivity contribution in [1.29, 1.82) is 0 Å². The lowest BCUT2D eigenvalue weighted by atomic mass is 9.88. The van der Waals surface area contributed by atoms with Crippen LogP contribution in [0.1, 0.15) is 10.4 Å². The number of carbonyl (C=O) groups excluding carboxylic acids is 3. The molecule has 198 valence electrons. The van der Waals surface area contributed by atoms with Crippen molar-refractivity contribution in [2.75, 3.05) is 16.9 Å². The Morgan fingerprint density at radius 1 is 0.975 bits per heavy atom. The molecule has 3 aliphatic heterocycles. The number of hydrogen-bond acceptors (Lipinski definition) is 9. The third kappa shape index (κ3) is 3.16. The monoisotopic (exact) mass is 536 g/mol. The fraction of sp³-hybridized carbons (Fsp3) is 0.179. The second-order valence-corrected chi connectivity index (χ2v) is 9.77. The zero-order valence-corrected chi connectivity index (χ0v) is 20.9. The van der Waals surface area contributed by atoms with E-state index in [4.69, 9.17) is 4.74 Å². The standard InChI is InChI=1S/C28H20N6O6/c1-40-22-13-11-16(34(38)39)14-21(22)32-26(35)23-20-12-10-15-6-2-4-8-18(15)31(20)25(24(23)27(32)36)28(37)33-19-9-5-3-7-17(19)29-30-33/h2-14,20,23-25H,1H3/t20-,23+,24-,25+/m1/s1. The highest BCUT2D eigenvalue weighted by Gasteiger charge is 2.65. The van der Waals surface area contributed by atoms with Gasteiger partial charge in [-0.25, -0.2) is 4.90 Å². The van der Waals surface area contributed by atoms with E-state index in [1.165, 1.54) is 23.9 Å². The molecule has 2 amide bonds. The summed E-state index contributed by atoms with van der Waals surface area (Å²) in [5.41, 5.74) is 2.21. The normalized spacial score (nSPS) is 22.8. The summed E-state index contributed by atoms with van der Waals surface area (Å²) in [6, 6.07) is 16.4. The predicted molar refractivity (Wildman–Crippen MR) is 143 cm³/mol. The second-order valence-electron chi connectivity index (χ2n) is 9.77. The van der Waals surface area contributed by atoms with E-state index >= 15 is 0 Å². The third-order valence-electron chi connectivity index (χ3n) is 7.84. The fourth-order valence-corrected chi connectivity index (χ4v) is 6.16. The summed E-state index contributed by atoms with van der Waals surface area (Å²) in [7, 11) is 1.35. The minimum Gasteiger partial charge on any atom is -0.495 e. The maximum atomic E-state index is 14.3. The molecule has 0 saturated carbocycles. The minimum absolute atomic E-state index is 0.0368. The van der Waals surface area contributed by atoms with Crippen LogP contribution in [-0.4, -0.2) is 56.8 Å². The topological polar surface area (TPSA) is 141 Å². The molecule has 3 aliphatic rings. The maximum Gasteiger partial charge on any atom is 0.272 e. The molecule has 7 rings (SSSR count). The van der Waals surface area contributed by atoms with Crippen molar-refractivity contribution in [2.24, 2.45) is 11.8 Å². The summed E-state index contributed by atoms with van der Waals surface area (Å²) in [6.07, 6.45) is 3.70. The first kappa shape index (κ1) is 23.7. The van der Waals surface area contributed by atoms with Gasteiger partial charge < -0.3 is 9.64 Å². The largest absolute Gasteiger partial charge is 0.495 e. The quantitative estimate of drug-likeness (QED) is 0.219. The van der Waals surface area contributed by atoms with Crippen LogP contribution in [-0.2, 0) is 9.59 Å². The number of anilines is 2. The first-order chi connectivity index (χ1) is 19.4. The molecule has 4 heterocycles. The zero-order chi connectivity index (χ0) is 27.7. The molecule has 0 spiro atoms. The van der Waals surface area contributed by atoms with E-state index in [0.717, 1.165) is 16.5 Å². The molecule has 3 aromatic carbocycles. The van der Waals surface area contributed by atoms with Crippen LogP contribution >= 0.6 is 0 Å². The molecule has 1 aromatic heterocycles.